The van der Waals surface area contributed by atoms with Gasteiger partial charge in [0.25, 0.3) is 0 Å². The summed E-state index contributed by atoms with van der Waals surface area (Å²) in [6, 6.07) is 0.343. The van der Waals surface area contributed by atoms with Crippen molar-refractivity contribution in [3.63, 3.8) is 0 Å². The topological polar surface area (TPSA) is 24.7 Å². The first-order valence-electron chi connectivity index (χ1n) is 3.07. The second kappa shape index (κ2) is 2.03. The van der Waals surface area contributed by atoms with Gasteiger partial charge in [-0.15, -0.1) is 0 Å². The van der Waals surface area contributed by atoms with Crippen LogP contribution in [0.1, 0.15) is 13.3 Å². The summed E-state index contributed by atoms with van der Waals surface area (Å²) in [7, 11) is 3.83. The Morgan fingerprint density at radius 3 is 2.50 bits per heavy atom. The second-order valence-corrected chi connectivity index (χ2v) is 2.55. The Labute approximate surface area is 50.1 Å². The van der Waals surface area contributed by atoms with Crippen LogP contribution >= 0.6 is 0 Å². The van der Waals surface area contributed by atoms with Gasteiger partial charge in [0.15, 0.2) is 0 Å². The lowest BCUT2D eigenvalue weighted by Gasteiger charge is -2.19. The fourth-order valence-corrected chi connectivity index (χ4v) is 1.08. The van der Waals surface area contributed by atoms with Gasteiger partial charge in [-0.2, -0.15) is 7.05 Å². The maximum atomic E-state index is 9.11. The Morgan fingerprint density at radius 1 is 1.75 bits per heavy atom. The number of hydrogen-bond donors (Lipinski definition) is 2. The van der Waals surface area contributed by atoms with Crippen molar-refractivity contribution in [3.05, 3.63) is 7.05 Å². The van der Waals surface area contributed by atoms with E-state index < -0.39 is 0 Å². The highest BCUT2D eigenvalue weighted by Crippen LogP contribution is 1.98. The molecular weight excluding hydrogens is 102 g/mol. The molecule has 1 rings (SSSR count). The molecule has 1 heterocycles. The number of aliphatic hydroxyl groups excluding tert-OH is 1. The minimum atomic E-state index is -0.109. The van der Waals surface area contributed by atoms with E-state index in [0.717, 1.165) is 13.0 Å². The lowest BCUT2D eigenvalue weighted by atomic mass is 10.2. The van der Waals surface area contributed by atoms with Crippen LogP contribution in [0.15, 0.2) is 0 Å². The van der Waals surface area contributed by atoms with Crippen molar-refractivity contribution in [2.75, 3.05) is 6.54 Å². The van der Waals surface area contributed by atoms with Gasteiger partial charge in [0.2, 0.25) is 0 Å². The summed E-state index contributed by atoms with van der Waals surface area (Å²) in [4.78, 5) is 1.21. The Hall–Kier alpha value is -0.0800. The summed E-state index contributed by atoms with van der Waals surface area (Å²) in [5.74, 6) is 0. The summed E-state index contributed by atoms with van der Waals surface area (Å²) in [5.41, 5.74) is 0. The highest BCUT2D eigenvalue weighted by molar-refractivity contribution is 4.67. The van der Waals surface area contributed by atoms with E-state index in [1.807, 2.05) is 6.92 Å². The zero-order valence-electron chi connectivity index (χ0n) is 5.22. The predicted molar refractivity (Wildman–Crippen MR) is 31.3 cm³/mol. The summed E-state index contributed by atoms with van der Waals surface area (Å²) in [6.45, 7) is 3.04. The number of likely N-dealkylation sites (tertiary alicyclic amines) is 1. The standard InChI is InChI=1S/C6H13NO/c1-5-6(8)3-4-7(5)2/h5-8H,2-4H2,1H3/t5-,6-/m0/s1. The second-order valence-electron chi connectivity index (χ2n) is 2.55. The van der Waals surface area contributed by atoms with Gasteiger partial charge in [-0.25, -0.2) is 0 Å². The van der Waals surface area contributed by atoms with Crippen LogP contribution in [0.2, 0.25) is 0 Å². The molecule has 2 N–H and O–H groups in total. The Morgan fingerprint density at radius 2 is 2.38 bits per heavy atom. The molecule has 0 bridgehead atoms. The molecule has 1 aliphatic rings. The maximum Gasteiger partial charge on any atom is 0.108 e. The zero-order chi connectivity index (χ0) is 6.15. The third-order valence-corrected chi connectivity index (χ3v) is 1.98. The van der Waals surface area contributed by atoms with Gasteiger partial charge in [0, 0.05) is 6.42 Å². The smallest absolute Gasteiger partial charge is 0.108 e. The zero-order valence-corrected chi connectivity index (χ0v) is 5.22. The summed E-state index contributed by atoms with van der Waals surface area (Å²) >= 11 is 0. The van der Waals surface area contributed by atoms with Crippen molar-refractivity contribution in [2.45, 2.75) is 25.5 Å². The number of quaternary nitrogens is 1. The van der Waals surface area contributed by atoms with Gasteiger partial charge in [-0.3, -0.25) is 0 Å². The van der Waals surface area contributed by atoms with Gasteiger partial charge in [-0.05, 0) is 6.92 Å². The molecule has 0 aromatic carbocycles. The molecule has 1 aliphatic heterocycles. The normalized spacial score (nSPS) is 47.6. The van der Waals surface area contributed by atoms with Crippen LogP contribution in [0.3, 0.4) is 0 Å². The van der Waals surface area contributed by atoms with Crippen molar-refractivity contribution < 1.29 is 10.0 Å². The third-order valence-electron chi connectivity index (χ3n) is 1.98. The van der Waals surface area contributed by atoms with E-state index >= 15 is 0 Å². The summed E-state index contributed by atoms with van der Waals surface area (Å²) in [5, 5.41) is 9.11. The molecule has 1 fully saturated rings. The molecule has 2 heteroatoms. The molecule has 2 nitrogen and oxygen atoms in total. The Kier molecular flexibility index (Phi) is 1.54. The molecule has 48 valence electrons. The molecule has 1 unspecified atom stereocenters. The lowest BCUT2D eigenvalue weighted by Crippen LogP contribution is -3.08. The predicted octanol–water partition coefficient (Wildman–Crippen LogP) is -1.18. The minimum absolute atomic E-state index is 0.109. The van der Waals surface area contributed by atoms with Crippen molar-refractivity contribution in [1.29, 1.82) is 0 Å². The molecule has 8 heavy (non-hydrogen) atoms. The van der Waals surface area contributed by atoms with Gasteiger partial charge in [0.1, 0.15) is 6.10 Å². The molecule has 1 saturated heterocycles. The van der Waals surface area contributed by atoms with Gasteiger partial charge in [-0.1, -0.05) is 0 Å². The molecule has 0 spiro atoms. The summed E-state index contributed by atoms with van der Waals surface area (Å²) < 4.78 is 0. The third kappa shape index (κ3) is 0.858. The Bertz CT molecular complexity index is 74.6. The monoisotopic (exact) mass is 115 g/mol. The quantitative estimate of drug-likeness (QED) is 0.381. The van der Waals surface area contributed by atoms with Crippen LogP contribution in [-0.2, 0) is 0 Å². The number of hydrogen-bond acceptors (Lipinski definition) is 1. The molecule has 0 amide bonds. The molecule has 0 aliphatic carbocycles. The van der Waals surface area contributed by atoms with Crippen LogP contribution in [0.5, 0.6) is 0 Å². The first kappa shape index (κ1) is 6.05. The van der Waals surface area contributed by atoms with E-state index in [2.05, 4.69) is 7.05 Å². The van der Waals surface area contributed by atoms with Crippen molar-refractivity contribution in [2.24, 2.45) is 0 Å². The van der Waals surface area contributed by atoms with E-state index in [-0.39, 0.29) is 6.10 Å². The fourth-order valence-electron chi connectivity index (χ4n) is 1.08. The maximum absolute atomic E-state index is 9.11. The number of rotatable bonds is 0. The van der Waals surface area contributed by atoms with E-state index in [9.17, 15) is 0 Å². The number of aliphatic hydroxyl groups is 1. The van der Waals surface area contributed by atoms with Crippen LogP contribution in [0.4, 0.5) is 0 Å². The van der Waals surface area contributed by atoms with E-state index in [1.54, 1.807) is 0 Å². The average molecular weight is 115 g/mol. The van der Waals surface area contributed by atoms with Gasteiger partial charge < -0.3 is 10.0 Å². The molecule has 0 radical (unpaired) electrons. The largest absolute Gasteiger partial charge is 0.463 e. The van der Waals surface area contributed by atoms with Crippen molar-refractivity contribution >= 4 is 0 Å². The fraction of sp³-hybridized carbons (Fsp3) is 0.833. The SMILES string of the molecule is [CH2-][NH+]1CC[C@H](O)[C@@H]1C. The first-order valence-corrected chi connectivity index (χ1v) is 3.07. The minimum Gasteiger partial charge on any atom is -0.463 e. The van der Waals surface area contributed by atoms with Crippen LogP contribution in [0.25, 0.3) is 0 Å². The number of nitrogens with one attached hydrogen (secondary N) is 1. The van der Waals surface area contributed by atoms with E-state index in [0.29, 0.717) is 6.04 Å². The highest BCUT2D eigenvalue weighted by Gasteiger charge is 2.25. The van der Waals surface area contributed by atoms with Crippen LogP contribution in [0, 0.1) is 7.05 Å². The summed E-state index contributed by atoms with van der Waals surface area (Å²) in [6.07, 6.45) is 0.808. The van der Waals surface area contributed by atoms with Crippen LogP contribution < -0.4 is 4.90 Å². The first-order chi connectivity index (χ1) is 3.72. The van der Waals surface area contributed by atoms with E-state index in [4.69, 9.17) is 5.11 Å². The van der Waals surface area contributed by atoms with Crippen molar-refractivity contribution in [3.8, 4) is 0 Å². The molecule has 0 aromatic rings. The molecular formula is C6H13NO. The molecule has 3 atom stereocenters. The van der Waals surface area contributed by atoms with Gasteiger partial charge in [0.05, 0.1) is 12.6 Å². The Balaban J connectivity index is 2.44. The molecule has 0 saturated carbocycles. The molecule has 0 aromatic heterocycles. The van der Waals surface area contributed by atoms with Gasteiger partial charge >= 0.3 is 0 Å². The lowest BCUT2D eigenvalue weighted by molar-refractivity contribution is -0.866. The van der Waals surface area contributed by atoms with Crippen molar-refractivity contribution in [1.82, 2.24) is 0 Å². The van der Waals surface area contributed by atoms with Crippen LogP contribution in [-0.4, -0.2) is 23.8 Å². The average Bonchev–Trinajstić information content (AvgIpc) is 1.98. The van der Waals surface area contributed by atoms with E-state index in [1.165, 1.54) is 4.90 Å². The highest BCUT2D eigenvalue weighted by atomic mass is 16.3.